The second-order valence-electron chi connectivity index (χ2n) is 7.27. The van der Waals surface area contributed by atoms with Gasteiger partial charge in [-0.1, -0.05) is 53.0 Å². The molecule has 0 radical (unpaired) electrons. The molecule has 180 valence electrons. The smallest absolute Gasteiger partial charge is 0.450 e. The van der Waals surface area contributed by atoms with E-state index in [9.17, 15) is 22.8 Å². The number of carbonyl (C=O) groups is 1. The number of ether oxygens (including phenoxy) is 1. The molecule has 1 N–H and O–H groups in total. The van der Waals surface area contributed by atoms with Crippen LogP contribution in [0.3, 0.4) is 0 Å². The summed E-state index contributed by atoms with van der Waals surface area (Å²) in [5.74, 6) is -2.05. The Bertz CT molecular complexity index is 1480. The quantitative estimate of drug-likeness (QED) is 0.284. The normalized spacial score (nSPS) is 11.5. The maximum Gasteiger partial charge on any atom is 0.450 e. The lowest BCUT2D eigenvalue weighted by atomic mass is 10.0. The van der Waals surface area contributed by atoms with Crippen LogP contribution in [0.1, 0.15) is 5.76 Å². The highest BCUT2D eigenvalue weighted by atomic mass is 35.5. The number of benzene rings is 3. The van der Waals surface area contributed by atoms with E-state index in [0.717, 1.165) is 6.07 Å². The molecule has 0 aliphatic rings. The van der Waals surface area contributed by atoms with Crippen LogP contribution in [0.2, 0.25) is 15.1 Å². The lowest BCUT2D eigenvalue weighted by Crippen LogP contribution is -2.20. The number of anilines is 1. The second kappa shape index (κ2) is 9.81. The summed E-state index contributed by atoms with van der Waals surface area (Å²) in [6.45, 7) is -0.482. The van der Waals surface area contributed by atoms with E-state index in [1.807, 2.05) is 0 Å². The van der Waals surface area contributed by atoms with Crippen molar-refractivity contribution in [2.45, 2.75) is 6.18 Å². The number of alkyl halides is 3. The van der Waals surface area contributed by atoms with Gasteiger partial charge >= 0.3 is 6.18 Å². The number of nitrogens with one attached hydrogen (secondary N) is 1. The average Bonchev–Trinajstić information content (AvgIpc) is 2.77. The summed E-state index contributed by atoms with van der Waals surface area (Å²) in [6.07, 6.45) is -4.98. The third-order valence-corrected chi connectivity index (χ3v) is 5.55. The van der Waals surface area contributed by atoms with E-state index in [4.69, 9.17) is 44.0 Å². The van der Waals surface area contributed by atoms with Crippen LogP contribution in [0.4, 0.5) is 18.9 Å². The predicted octanol–water partition coefficient (Wildman–Crippen LogP) is 7.46. The van der Waals surface area contributed by atoms with Gasteiger partial charge in [0.15, 0.2) is 6.61 Å². The van der Waals surface area contributed by atoms with Crippen LogP contribution in [0, 0.1) is 0 Å². The summed E-state index contributed by atoms with van der Waals surface area (Å²) in [7, 11) is 0. The molecule has 1 aromatic heterocycles. The van der Waals surface area contributed by atoms with Gasteiger partial charge in [0.25, 0.3) is 5.91 Å². The standard InChI is InChI=1S/C24H13Cl3F3NO4/c25-12-7-13(26)9-14(8-12)31-20(32)11-34-15-5-6-17-19(10-15)35-23(24(28,29)30)21(22(17)33)16-3-1-2-4-18(16)27/h1-10H,11H2,(H,31,32). The Kier molecular flexibility index (Phi) is 6.98. The topological polar surface area (TPSA) is 68.5 Å². The monoisotopic (exact) mass is 541 g/mol. The maximum absolute atomic E-state index is 13.8. The highest BCUT2D eigenvalue weighted by molar-refractivity contribution is 6.35. The minimum atomic E-state index is -4.98. The summed E-state index contributed by atoms with van der Waals surface area (Å²) < 4.78 is 51.9. The summed E-state index contributed by atoms with van der Waals surface area (Å²) in [6, 6.07) is 13.8. The van der Waals surface area contributed by atoms with Crippen molar-refractivity contribution >= 4 is 57.4 Å². The Hall–Kier alpha value is -3.20. The molecule has 3 aromatic carbocycles. The van der Waals surface area contributed by atoms with Crippen molar-refractivity contribution in [1.29, 1.82) is 0 Å². The van der Waals surface area contributed by atoms with Gasteiger partial charge in [0, 0.05) is 32.4 Å². The predicted molar refractivity (Wildman–Crippen MR) is 129 cm³/mol. The van der Waals surface area contributed by atoms with E-state index in [0.29, 0.717) is 15.7 Å². The van der Waals surface area contributed by atoms with Crippen molar-refractivity contribution in [3.63, 3.8) is 0 Å². The highest BCUT2D eigenvalue weighted by Crippen LogP contribution is 2.39. The first-order chi connectivity index (χ1) is 16.5. The van der Waals surface area contributed by atoms with Gasteiger partial charge in [-0.3, -0.25) is 9.59 Å². The zero-order chi connectivity index (χ0) is 25.3. The molecule has 5 nitrogen and oxygen atoms in total. The molecule has 0 fully saturated rings. The number of hydrogen-bond donors (Lipinski definition) is 1. The summed E-state index contributed by atoms with van der Waals surface area (Å²) in [4.78, 5) is 25.2. The first-order valence-electron chi connectivity index (χ1n) is 9.84. The lowest BCUT2D eigenvalue weighted by molar-refractivity contribution is -0.152. The van der Waals surface area contributed by atoms with E-state index in [1.54, 1.807) is 0 Å². The van der Waals surface area contributed by atoms with Gasteiger partial charge < -0.3 is 14.5 Å². The number of hydrogen-bond acceptors (Lipinski definition) is 4. The highest BCUT2D eigenvalue weighted by Gasteiger charge is 2.39. The van der Waals surface area contributed by atoms with Gasteiger partial charge in [0.2, 0.25) is 11.2 Å². The van der Waals surface area contributed by atoms with Crippen LogP contribution in [-0.4, -0.2) is 12.5 Å². The first kappa shape index (κ1) is 24.9. The number of carbonyl (C=O) groups excluding carboxylic acids is 1. The third-order valence-electron chi connectivity index (χ3n) is 4.78. The van der Waals surface area contributed by atoms with E-state index >= 15 is 0 Å². The first-order valence-corrected chi connectivity index (χ1v) is 11.0. The minimum absolute atomic E-state index is 0.0125. The van der Waals surface area contributed by atoms with Crippen molar-refractivity contribution in [2.24, 2.45) is 0 Å². The van der Waals surface area contributed by atoms with Gasteiger partial charge in [0.1, 0.15) is 11.3 Å². The van der Waals surface area contributed by atoms with Crippen molar-refractivity contribution in [2.75, 3.05) is 11.9 Å². The molecule has 0 aliphatic heterocycles. The fraction of sp³-hybridized carbons (Fsp3) is 0.0833. The van der Waals surface area contributed by atoms with Gasteiger partial charge in [0.05, 0.1) is 10.9 Å². The SMILES string of the molecule is O=C(COc1ccc2c(=O)c(-c3ccccc3Cl)c(C(F)(F)F)oc2c1)Nc1cc(Cl)cc(Cl)c1. The lowest BCUT2D eigenvalue weighted by Gasteiger charge is -2.14. The zero-order valence-corrected chi connectivity index (χ0v) is 19.6. The van der Waals surface area contributed by atoms with E-state index in [2.05, 4.69) is 5.32 Å². The Labute approximate surface area is 211 Å². The van der Waals surface area contributed by atoms with Crippen LogP contribution in [0.15, 0.2) is 69.9 Å². The Morgan fingerprint density at radius 2 is 1.66 bits per heavy atom. The Morgan fingerprint density at radius 1 is 0.971 bits per heavy atom. The van der Waals surface area contributed by atoms with Crippen LogP contribution in [-0.2, 0) is 11.0 Å². The largest absolute Gasteiger partial charge is 0.484 e. The molecule has 11 heteroatoms. The van der Waals surface area contributed by atoms with Crippen LogP contribution >= 0.6 is 34.8 Å². The average molecular weight is 543 g/mol. The molecule has 0 bridgehead atoms. The molecule has 0 aliphatic carbocycles. The second-order valence-corrected chi connectivity index (χ2v) is 8.55. The Morgan fingerprint density at radius 3 is 2.31 bits per heavy atom. The fourth-order valence-corrected chi connectivity index (χ4v) is 4.10. The van der Waals surface area contributed by atoms with Crippen molar-refractivity contribution in [1.82, 2.24) is 0 Å². The molecule has 0 saturated carbocycles. The van der Waals surface area contributed by atoms with Gasteiger partial charge in [-0.15, -0.1) is 0 Å². The van der Waals surface area contributed by atoms with E-state index < -0.39 is 35.4 Å². The van der Waals surface area contributed by atoms with Crippen molar-refractivity contribution < 1.29 is 27.1 Å². The number of rotatable bonds is 5. The van der Waals surface area contributed by atoms with E-state index in [1.165, 1.54) is 54.6 Å². The van der Waals surface area contributed by atoms with Crippen LogP contribution in [0.5, 0.6) is 5.75 Å². The molecule has 0 spiro atoms. The molecule has 35 heavy (non-hydrogen) atoms. The summed E-state index contributed by atoms with van der Waals surface area (Å²) in [5.41, 5.74) is -1.73. The van der Waals surface area contributed by atoms with Gasteiger partial charge in [-0.25, -0.2) is 0 Å². The molecule has 1 heterocycles. The van der Waals surface area contributed by atoms with Crippen molar-refractivity contribution in [3.05, 3.63) is 91.7 Å². The number of amides is 1. The zero-order valence-electron chi connectivity index (χ0n) is 17.4. The van der Waals surface area contributed by atoms with Crippen LogP contribution < -0.4 is 15.5 Å². The summed E-state index contributed by atoms with van der Waals surface area (Å²) >= 11 is 17.8. The van der Waals surface area contributed by atoms with Gasteiger partial charge in [-0.05, 0) is 36.4 Å². The molecule has 4 aromatic rings. The molecule has 0 saturated heterocycles. The van der Waals surface area contributed by atoms with E-state index in [-0.39, 0.29) is 27.3 Å². The molecular weight excluding hydrogens is 530 g/mol. The van der Waals surface area contributed by atoms with Gasteiger partial charge in [-0.2, -0.15) is 13.2 Å². The molecular formula is C24H13Cl3F3NO4. The van der Waals surface area contributed by atoms with Crippen LogP contribution in [0.25, 0.3) is 22.1 Å². The molecule has 0 unspecified atom stereocenters. The number of halogens is 6. The molecule has 4 rings (SSSR count). The van der Waals surface area contributed by atoms with Crippen molar-refractivity contribution in [3.8, 4) is 16.9 Å². The Balaban J connectivity index is 1.65. The minimum Gasteiger partial charge on any atom is -0.484 e. The maximum atomic E-state index is 13.8. The molecule has 1 amide bonds. The summed E-state index contributed by atoms with van der Waals surface area (Å²) in [5, 5.41) is 3.02. The molecule has 0 atom stereocenters. The third kappa shape index (κ3) is 5.56. The fourth-order valence-electron chi connectivity index (χ4n) is 3.34. The number of fused-ring (bicyclic) bond motifs is 1.